The van der Waals surface area contributed by atoms with Gasteiger partial charge in [0.2, 0.25) is 0 Å². The largest absolute Gasteiger partial charge is 0.391 e. The third-order valence-electron chi connectivity index (χ3n) is 4.53. The zero-order valence-electron chi connectivity index (χ0n) is 12.8. The molecule has 6 N–H and O–H groups in total. The van der Waals surface area contributed by atoms with Crippen LogP contribution in [0, 0.1) is 6.92 Å². The third-order valence-corrected chi connectivity index (χ3v) is 6.61. The molecule has 0 aliphatic carbocycles. The lowest BCUT2D eigenvalue weighted by atomic mass is 10.1. The van der Waals surface area contributed by atoms with Crippen LogP contribution in [0.2, 0.25) is 0 Å². The topological polar surface area (TPSA) is 103 Å². The van der Waals surface area contributed by atoms with Gasteiger partial charge in [0.25, 0.3) is 0 Å². The third kappa shape index (κ3) is 1.53. The molecule has 0 aliphatic rings. The van der Waals surface area contributed by atoms with E-state index >= 15 is 0 Å². The van der Waals surface area contributed by atoms with Gasteiger partial charge in [0.1, 0.15) is 0 Å². The Morgan fingerprint density at radius 1 is 0.708 bits per heavy atom. The van der Waals surface area contributed by atoms with Crippen molar-refractivity contribution in [3.05, 3.63) is 39.9 Å². The Morgan fingerprint density at radius 3 is 1.83 bits per heavy atom. The molecule has 0 aliphatic heterocycles. The minimum Gasteiger partial charge on any atom is -0.391 e. The smallest absolute Gasteiger partial charge is 0.0993 e. The number of thiophene rings is 2. The average Bonchev–Trinajstić information content (AvgIpc) is 3.24. The number of nitrogen functional groups attached to an aromatic ring is 1. The standard InChI is InChI=1S/C17H13N5S2/c1-6-2-11-14(21-19)7-4-10-8(3-9(7)16(11)23-6)15(22-20)12-5-13(18)24-17(10)12/h2-5H,18-20H2,1H3/b21-14-,22-15-. The molecular weight excluding hydrogens is 338 g/mol. The molecule has 0 amide bonds. The maximum Gasteiger partial charge on any atom is 0.0993 e. The number of fused-ring (bicyclic) bond motifs is 6. The molecule has 2 heterocycles. The molecule has 5 aromatic rings. The van der Waals surface area contributed by atoms with Crippen LogP contribution in [0.25, 0.3) is 41.7 Å². The normalized spacial score (nSPS) is 14.2. The lowest BCUT2D eigenvalue weighted by Crippen LogP contribution is -2.04. The molecule has 0 atom stereocenters. The van der Waals surface area contributed by atoms with Crippen LogP contribution < -0.4 is 28.1 Å². The van der Waals surface area contributed by atoms with E-state index in [1.807, 2.05) is 6.07 Å². The first-order valence-electron chi connectivity index (χ1n) is 7.38. The number of anilines is 1. The van der Waals surface area contributed by atoms with Gasteiger partial charge >= 0.3 is 0 Å². The fraction of sp³-hybridized carbons (Fsp3) is 0.0588. The maximum atomic E-state index is 5.98. The lowest BCUT2D eigenvalue weighted by Gasteiger charge is -1.95. The van der Waals surface area contributed by atoms with Crippen LogP contribution in [0.15, 0.2) is 34.5 Å². The Bertz CT molecular complexity index is 1290. The van der Waals surface area contributed by atoms with Crippen molar-refractivity contribution in [3.8, 4) is 0 Å². The molecule has 0 radical (unpaired) electrons. The van der Waals surface area contributed by atoms with Crippen LogP contribution >= 0.6 is 22.7 Å². The summed E-state index contributed by atoms with van der Waals surface area (Å²) in [7, 11) is 0. The number of nitrogens with zero attached hydrogens (tertiary/aromatic N) is 2. The Morgan fingerprint density at radius 2 is 1.25 bits per heavy atom. The van der Waals surface area contributed by atoms with E-state index in [-0.39, 0.29) is 0 Å². The van der Waals surface area contributed by atoms with Gasteiger partial charge < -0.3 is 17.4 Å². The molecule has 24 heavy (non-hydrogen) atoms. The number of hydrogen-bond donors (Lipinski definition) is 3. The predicted octanol–water partition coefficient (Wildman–Crippen LogP) is 2.74. The summed E-state index contributed by atoms with van der Waals surface area (Å²) in [6.45, 7) is 2.09. The minimum absolute atomic E-state index is 0.759. The summed E-state index contributed by atoms with van der Waals surface area (Å²) in [4.78, 5) is 1.24. The monoisotopic (exact) mass is 351 g/mol. The highest BCUT2D eigenvalue weighted by Gasteiger charge is 2.17. The van der Waals surface area contributed by atoms with Gasteiger partial charge in [-0.15, -0.1) is 22.7 Å². The van der Waals surface area contributed by atoms with E-state index in [2.05, 4.69) is 35.3 Å². The van der Waals surface area contributed by atoms with Gasteiger partial charge in [-0.3, -0.25) is 0 Å². The molecule has 0 unspecified atom stereocenters. The zero-order chi connectivity index (χ0) is 16.6. The Kier molecular flexibility index (Phi) is 2.56. The van der Waals surface area contributed by atoms with Gasteiger partial charge in [-0.2, -0.15) is 10.2 Å². The fourth-order valence-corrected chi connectivity index (χ4v) is 5.61. The second kappa shape index (κ2) is 4.46. The summed E-state index contributed by atoms with van der Waals surface area (Å²) in [5, 5.41) is 17.0. The quantitative estimate of drug-likeness (QED) is 0.295. The Balaban J connectivity index is 2.13. The molecule has 2 aromatic heterocycles. The second-order valence-electron chi connectivity index (χ2n) is 5.89. The lowest BCUT2D eigenvalue weighted by molar-refractivity contribution is 1.17. The molecule has 3 aromatic carbocycles. The Hall–Kier alpha value is -2.64. The van der Waals surface area contributed by atoms with Gasteiger partial charge in [0, 0.05) is 46.6 Å². The van der Waals surface area contributed by atoms with Crippen LogP contribution in [0.1, 0.15) is 4.88 Å². The molecule has 0 saturated carbocycles. The van der Waals surface area contributed by atoms with Gasteiger partial charge in [0.05, 0.1) is 15.7 Å². The van der Waals surface area contributed by atoms with Crippen LogP contribution in [0.3, 0.4) is 0 Å². The van der Waals surface area contributed by atoms with Crippen molar-refractivity contribution in [2.24, 2.45) is 21.9 Å². The molecular formula is C17H13N5S2. The van der Waals surface area contributed by atoms with E-state index in [0.29, 0.717) is 0 Å². The van der Waals surface area contributed by atoms with Crippen molar-refractivity contribution >= 4 is 69.4 Å². The average molecular weight is 351 g/mol. The number of rotatable bonds is 0. The van der Waals surface area contributed by atoms with Crippen LogP contribution in [0.4, 0.5) is 5.00 Å². The first-order valence-corrected chi connectivity index (χ1v) is 9.01. The van der Waals surface area contributed by atoms with Crippen LogP contribution in [0.5, 0.6) is 0 Å². The van der Waals surface area contributed by atoms with Crippen molar-refractivity contribution in [3.63, 3.8) is 0 Å². The maximum absolute atomic E-state index is 5.98. The summed E-state index contributed by atoms with van der Waals surface area (Å²) in [6, 6.07) is 8.39. The number of benzene rings is 1. The predicted molar refractivity (Wildman–Crippen MR) is 103 cm³/mol. The van der Waals surface area contributed by atoms with Crippen LogP contribution in [-0.4, -0.2) is 0 Å². The molecule has 5 nitrogen and oxygen atoms in total. The highest BCUT2D eigenvalue weighted by atomic mass is 32.1. The van der Waals surface area contributed by atoms with Crippen molar-refractivity contribution in [2.75, 3.05) is 5.73 Å². The van der Waals surface area contributed by atoms with Crippen LogP contribution in [-0.2, 0) is 0 Å². The summed E-state index contributed by atoms with van der Waals surface area (Å²) in [5.74, 6) is 11.4. The van der Waals surface area contributed by atoms with Gasteiger partial charge in [-0.1, -0.05) is 0 Å². The van der Waals surface area contributed by atoms with Crippen molar-refractivity contribution < 1.29 is 0 Å². The number of aryl methyl sites for hydroxylation is 1. The van der Waals surface area contributed by atoms with Gasteiger partial charge in [-0.25, -0.2) is 0 Å². The van der Waals surface area contributed by atoms with E-state index in [1.165, 1.54) is 9.58 Å². The molecule has 118 valence electrons. The SMILES string of the molecule is Cc1cc2/c(=N\N)c3cc4c(cc3c2s1)/c(=N/N)c1cc(N)sc14. The summed E-state index contributed by atoms with van der Waals surface area (Å²) in [6.07, 6.45) is 0. The molecule has 7 heteroatoms. The van der Waals surface area contributed by atoms with Crippen molar-refractivity contribution in [1.82, 2.24) is 0 Å². The summed E-state index contributed by atoms with van der Waals surface area (Å²) in [5.41, 5.74) is 5.98. The Labute approximate surface area is 144 Å². The molecule has 0 saturated heterocycles. The van der Waals surface area contributed by atoms with E-state index in [9.17, 15) is 0 Å². The number of nitrogens with two attached hydrogens (primary N) is 3. The van der Waals surface area contributed by atoms with E-state index in [4.69, 9.17) is 17.4 Å². The van der Waals surface area contributed by atoms with Gasteiger partial charge in [-0.05, 0) is 31.2 Å². The van der Waals surface area contributed by atoms with Crippen molar-refractivity contribution in [1.29, 1.82) is 0 Å². The molecule has 0 fully saturated rings. The highest BCUT2D eigenvalue weighted by Crippen LogP contribution is 2.38. The van der Waals surface area contributed by atoms with E-state index in [1.54, 1.807) is 22.7 Å². The molecule has 0 bridgehead atoms. The van der Waals surface area contributed by atoms with E-state index < -0.39 is 0 Å². The van der Waals surface area contributed by atoms with Crippen molar-refractivity contribution in [2.45, 2.75) is 6.92 Å². The molecule has 0 spiro atoms. The number of hydrogen-bond acceptors (Lipinski definition) is 7. The first-order chi connectivity index (χ1) is 11.6. The summed E-state index contributed by atoms with van der Waals surface area (Å²) < 4.78 is 2.32. The second-order valence-corrected chi connectivity index (χ2v) is 8.23. The fourth-order valence-electron chi connectivity index (χ4n) is 3.61. The first kappa shape index (κ1) is 13.8. The zero-order valence-corrected chi connectivity index (χ0v) is 14.4. The van der Waals surface area contributed by atoms with E-state index in [0.717, 1.165) is 52.7 Å². The highest BCUT2D eigenvalue weighted by molar-refractivity contribution is 7.23. The molecule has 5 rings (SSSR count). The summed E-state index contributed by atoms with van der Waals surface area (Å²) >= 11 is 3.31. The minimum atomic E-state index is 0.759. The van der Waals surface area contributed by atoms with Gasteiger partial charge in [0.15, 0.2) is 0 Å².